The number of nitrogens with zero attached hydrogens (tertiary/aromatic N) is 1. The second-order valence-electron chi connectivity index (χ2n) is 8.58. The molecule has 0 bridgehead atoms. The van der Waals surface area contributed by atoms with Crippen molar-refractivity contribution in [1.29, 1.82) is 0 Å². The Morgan fingerprint density at radius 3 is 2.45 bits per heavy atom. The molecule has 0 spiro atoms. The largest absolute Gasteiger partial charge is 0.507 e. The van der Waals surface area contributed by atoms with Crippen LogP contribution < -0.4 is 4.74 Å². The Hall–Kier alpha value is -3.19. The number of rotatable bonds is 9. The maximum atomic E-state index is 13.6. The van der Waals surface area contributed by atoms with Gasteiger partial charge in [0, 0.05) is 25.8 Å². The van der Waals surface area contributed by atoms with Crippen LogP contribution in [0.25, 0.3) is 5.76 Å². The quantitative estimate of drug-likeness (QED) is 0.258. The third-order valence-electron chi connectivity index (χ3n) is 5.49. The molecule has 1 heterocycles. The molecule has 1 aliphatic rings. The van der Waals surface area contributed by atoms with Gasteiger partial charge in [-0.2, -0.15) is 0 Å². The van der Waals surface area contributed by atoms with Gasteiger partial charge in [-0.1, -0.05) is 26.0 Å². The van der Waals surface area contributed by atoms with E-state index in [4.69, 9.17) is 9.47 Å². The van der Waals surface area contributed by atoms with Gasteiger partial charge in [0.15, 0.2) is 0 Å². The number of benzene rings is 2. The second-order valence-corrected chi connectivity index (χ2v) is 8.58. The SMILES string of the molecule is COCCCN1C(=O)C(=O)C(=C(O)c2ccc(OCC(C)C)c(C)c2)[C@H]1c1ccc(F)cc1. The van der Waals surface area contributed by atoms with Crippen LogP contribution in [0.2, 0.25) is 0 Å². The number of likely N-dealkylation sites (tertiary alicyclic amines) is 1. The van der Waals surface area contributed by atoms with E-state index in [1.165, 1.54) is 29.2 Å². The number of aliphatic hydroxyl groups is 1. The minimum absolute atomic E-state index is 0.0146. The Balaban J connectivity index is 2.04. The van der Waals surface area contributed by atoms with E-state index < -0.39 is 23.5 Å². The van der Waals surface area contributed by atoms with Crippen molar-refractivity contribution >= 4 is 17.4 Å². The van der Waals surface area contributed by atoms with Crippen molar-refractivity contribution < 1.29 is 28.6 Å². The molecule has 2 aromatic carbocycles. The van der Waals surface area contributed by atoms with Crippen molar-refractivity contribution in [1.82, 2.24) is 4.90 Å². The summed E-state index contributed by atoms with van der Waals surface area (Å²) in [5, 5.41) is 11.2. The lowest BCUT2D eigenvalue weighted by atomic mass is 9.94. The highest BCUT2D eigenvalue weighted by Gasteiger charge is 2.45. The predicted octanol–water partition coefficient (Wildman–Crippen LogP) is 4.63. The molecule has 0 aromatic heterocycles. The number of carbonyl (C=O) groups excluding carboxylic acids is 2. The van der Waals surface area contributed by atoms with Crippen LogP contribution in [0.1, 0.15) is 43.0 Å². The molecule has 2 aromatic rings. The summed E-state index contributed by atoms with van der Waals surface area (Å²) in [5.74, 6) is -1.11. The fourth-order valence-electron chi connectivity index (χ4n) is 3.85. The first-order chi connectivity index (χ1) is 15.7. The number of hydrogen-bond donors (Lipinski definition) is 1. The highest BCUT2D eigenvalue weighted by atomic mass is 19.1. The third kappa shape index (κ3) is 5.42. The van der Waals surface area contributed by atoms with Crippen molar-refractivity contribution in [3.05, 3.63) is 70.5 Å². The number of hydrogen-bond acceptors (Lipinski definition) is 5. The molecule has 0 aliphatic carbocycles. The third-order valence-corrected chi connectivity index (χ3v) is 5.49. The van der Waals surface area contributed by atoms with Crippen LogP contribution in [0.4, 0.5) is 4.39 Å². The van der Waals surface area contributed by atoms with Gasteiger partial charge in [-0.25, -0.2) is 4.39 Å². The lowest BCUT2D eigenvalue weighted by molar-refractivity contribution is -0.140. The number of aliphatic hydroxyl groups excluding tert-OH is 1. The summed E-state index contributed by atoms with van der Waals surface area (Å²) >= 11 is 0. The van der Waals surface area contributed by atoms with E-state index in [2.05, 4.69) is 13.8 Å². The van der Waals surface area contributed by atoms with Gasteiger partial charge in [-0.05, 0) is 60.7 Å². The summed E-state index contributed by atoms with van der Waals surface area (Å²) in [7, 11) is 1.56. The van der Waals surface area contributed by atoms with Gasteiger partial charge < -0.3 is 19.5 Å². The number of aryl methyl sites for hydroxylation is 1. The van der Waals surface area contributed by atoms with Gasteiger partial charge >= 0.3 is 0 Å². The van der Waals surface area contributed by atoms with E-state index in [0.29, 0.717) is 42.4 Å². The Labute approximate surface area is 193 Å². The van der Waals surface area contributed by atoms with Crippen LogP contribution in [-0.4, -0.2) is 48.6 Å². The molecule has 0 saturated carbocycles. The molecule has 1 saturated heterocycles. The number of halogens is 1. The van der Waals surface area contributed by atoms with Crippen LogP contribution in [0.5, 0.6) is 5.75 Å². The highest BCUT2D eigenvalue weighted by molar-refractivity contribution is 6.46. The normalized spacial score (nSPS) is 17.8. The molecule has 7 heteroatoms. The zero-order valence-electron chi connectivity index (χ0n) is 19.4. The summed E-state index contributed by atoms with van der Waals surface area (Å²) in [5.41, 5.74) is 1.74. The topological polar surface area (TPSA) is 76.1 Å². The number of Topliss-reactive ketones (excluding diaryl/α,β-unsaturated/α-hetero) is 1. The van der Waals surface area contributed by atoms with Gasteiger partial charge in [-0.3, -0.25) is 9.59 Å². The fraction of sp³-hybridized carbons (Fsp3) is 0.385. The maximum Gasteiger partial charge on any atom is 0.295 e. The molecular weight excluding hydrogens is 425 g/mol. The summed E-state index contributed by atoms with van der Waals surface area (Å²) in [6, 6.07) is 9.91. The monoisotopic (exact) mass is 455 g/mol. The van der Waals surface area contributed by atoms with Gasteiger partial charge in [0.05, 0.1) is 18.2 Å². The molecule has 0 unspecified atom stereocenters. The van der Waals surface area contributed by atoms with Gasteiger partial charge in [-0.15, -0.1) is 0 Å². The molecule has 3 rings (SSSR count). The molecule has 1 amide bonds. The van der Waals surface area contributed by atoms with E-state index in [9.17, 15) is 19.1 Å². The van der Waals surface area contributed by atoms with Gasteiger partial charge in [0.25, 0.3) is 11.7 Å². The van der Waals surface area contributed by atoms with Crippen molar-refractivity contribution in [3.63, 3.8) is 0 Å². The highest BCUT2D eigenvalue weighted by Crippen LogP contribution is 2.40. The smallest absolute Gasteiger partial charge is 0.295 e. The van der Waals surface area contributed by atoms with Crippen LogP contribution in [0, 0.1) is 18.7 Å². The Morgan fingerprint density at radius 2 is 1.85 bits per heavy atom. The molecule has 1 aliphatic heterocycles. The van der Waals surface area contributed by atoms with Crippen molar-refractivity contribution in [3.8, 4) is 5.75 Å². The molecular formula is C26H30FNO5. The summed E-state index contributed by atoms with van der Waals surface area (Å²) in [6.07, 6.45) is 0.516. The summed E-state index contributed by atoms with van der Waals surface area (Å²) < 4.78 is 24.4. The standard InChI is InChI=1S/C26H30FNO5/c1-16(2)15-33-21-11-8-19(14-17(21)3)24(29)22-23(18-6-9-20(27)10-7-18)28(12-5-13-32-4)26(31)25(22)30/h6-11,14,16,23,29H,5,12-13,15H2,1-4H3/t23-/m1/s1. The zero-order valence-corrected chi connectivity index (χ0v) is 19.4. The first kappa shape index (κ1) is 24.5. The summed E-state index contributed by atoms with van der Waals surface area (Å²) in [4.78, 5) is 27.3. The number of carbonyl (C=O) groups is 2. The number of methoxy groups -OCH3 is 1. The minimum Gasteiger partial charge on any atom is -0.507 e. The van der Waals surface area contributed by atoms with Crippen molar-refractivity contribution in [2.45, 2.75) is 33.2 Å². The lowest BCUT2D eigenvalue weighted by Crippen LogP contribution is -2.31. The molecule has 1 fully saturated rings. The molecule has 176 valence electrons. The molecule has 1 atom stereocenters. The maximum absolute atomic E-state index is 13.6. The Morgan fingerprint density at radius 1 is 1.15 bits per heavy atom. The van der Waals surface area contributed by atoms with Crippen LogP contribution in [-0.2, 0) is 14.3 Å². The van der Waals surface area contributed by atoms with E-state index in [-0.39, 0.29) is 17.9 Å². The number of amides is 1. The first-order valence-electron chi connectivity index (χ1n) is 11.0. The number of ether oxygens (including phenoxy) is 2. The van der Waals surface area contributed by atoms with E-state index in [1.807, 2.05) is 6.92 Å². The molecule has 1 N–H and O–H groups in total. The minimum atomic E-state index is -0.820. The Bertz CT molecular complexity index is 1050. The van der Waals surface area contributed by atoms with Crippen LogP contribution in [0.15, 0.2) is 48.0 Å². The number of ketones is 1. The van der Waals surface area contributed by atoms with Gasteiger partial charge in [0.1, 0.15) is 17.3 Å². The fourth-order valence-corrected chi connectivity index (χ4v) is 3.85. The molecule has 33 heavy (non-hydrogen) atoms. The van der Waals surface area contributed by atoms with Crippen LogP contribution in [0.3, 0.4) is 0 Å². The molecule has 0 radical (unpaired) electrons. The van der Waals surface area contributed by atoms with Crippen molar-refractivity contribution in [2.75, 3.05) is 26.9 Å². The zero-order chi connectivity index (χ0) is 24.1. The average Bonchev–Trinajstić information content (AvgIpc) is 3.03. The second kappa shape index (κ2) is 10.6. The van der Waals surface area contributed by atoms with Gasteiger partial charge in [0.2, 0.25) is 0 Å². The first-order valence-corrected chi connectivity index (χ1v) is 11.0. The Kier molecular flexibility index (Phi) is 7.87. The van der Waals surface area contributed by atoms with E-state index >= 15 is 0 Å². The van der Waals surface area contributed by atoms with E-state index in [1.54, 1.807) is 25.3 Å². The van der Waals surface area contributed by atoms with Crippen molar-refractivity contribution in [2.24, 2.45) is 5.92 Å². The lowest BCUT2D eigenvalue weighted by Gasteiger charge is -2.25. The predicted molar refractivity (Wildman–Crippen MR) is 123 cm³/mol. The summed E-state index contributed by atoms with van der Waals surface area (Å²) in [6.45, 7) is 7.19. The average molecular weight is 456 g/mol. The van der Waals surface area contributed by atoms with E-state index in [0.717, 1.165) is 5.56 Å². The van der Waals surface area contributed by atoms with Crippen LogP contribution >= 0.6 is 0 Å². The molecule has 6 nitrogen and oxygen atoms in total.